The molecule has 1 unspecified atom stereocenters. The SMILES string of the molecule is CC(CC(=O)O)NC(=O)N1CCN(c2nccs2)CC1. The van der Waals surface area contributed by atoms with Crippen molar-refractivity contribution in [3.05, 3.63) is 11.6 Å². The highest BCUT2D eigenvalue weighted by atomic mass is 32.1. The number of hydrogen-bond donors (Lipinski definition) is 2. The summed E-state index contributed by atoms with van der Waals surface area (Å²) >= 11 is 1.59. The predicted molar refractivity (Wildman–Crippen MR) is 76.1 cm³/mol. The van der Waals surface area contributed by atoms with Gasteiger partial charge in [-0.15, -0.1) is 11.3 Å². The van der Waals surface area contributed by atoms with Gasteiger partial charge in [-0.05, 0) is 6.92 Å². The Kier molecular flexibility index (Phi) is 4.78. The number of amides is 2. The predicted octanol–water partition coefficient (Wildman–Crippen LogP) is 0.838. The molecule has 1 atom stereocenters. The molecule has 1 aliphatic heterocycles. The van der Waals surface area contributed by atoms with E-state index in [9.17, 15) is 9.59 Å². The van der Waals surface area contributed by atoms with Gasteiger partial charge in [-0.25, -0.2) is 9.78 Å². The Morgan fingerprint density at radius 1 is 1.45 bits per heavy atom. The first-order valence-corrected chi connectivity index (χ1v) is 7.36. The van der Waals surface area contributed by atoms with E-state index >= 15 is 0 Å². The summed E-state index contributed by atoms with van der Waals surface area (Å²) in [5.74, 6) is -0.911. The van der Waals surface area contributed by atoms with Gasteiger partial charge in [0.05, 0.1) is 6.42 Å². The lowest BCUT2D eigenvalue weighted by molar-refractivity contribution is -0.137. The molecule has 0 aromatic carbocycles. The number of nitrogens with one attached hydrogen (secondary N) is 1. The fraction of sp³-hybridized carbons (Fsp3) is 0.583. The number of nitrogens with zero attached hydrogens (tertiary/aromatic N) is 3. The number of urea groups is 1. The molecule has 1 fully saturated rings. The number of hydrogen-bond acceptors (Lipinski definition) is 5. The van der Waals surface area contributed by atoms with E-state index in [1.807, 2.05) is 5.38 Å². The Bertz CT molecular complexity index is 457. The van der Waals surface area contributed by atoms with Crippen LogP contribution in [0.1, 0.15) is 13.3 Å². The lowest BCUT2D eigenvalue weighted by atomic mass is 10.2. The van der Waals surface area contributed by atoms with Gasteiger partial charge in [0.15, 0.2) is 5.13 Å². The molecule has 1 aromatic heterocycles. The number of thiazole rings is 1. The van der Waals surface area contributed by atoms with Crippen LogP contribution < -0.4 is 10.2 Å². The summed E-state index contributed by atoms with van der Waals surface area (Å²) in [6.07, 6.45) is 1.71. The largest absolute Gasteiger partial charge is 0.481 e. The highest BCUT2D eigenvalue weighted by Gasteiger charge is 2.23. The number of carboxylic acid groups (broad SMARTS) is 1. The number of anilines is 1. The molecule has 20 heavy (non-hydrogen) atoms. The zero-order chi connectivity index (χ0) is 14.5. The van der Waals surface area contributed by atoms with Crippen LogP contribution in [0.15, 0.2) is 11.6 Å². The second-order valence-corrected chi connectivity index (χ2v) is 5.61. The molecule has 2 amide bonds. The monoisotopic (exact) mass is 298 g/mol. The minimum absolute atomic E-state index is 0.0647. The van der Waals surface area contributed by atoms with E-state index in [2.05, 4.69) is 15.2 Å². The number of aromatic nitrogens is 1. The molecule has 1 aromatic rings. The Morgan fingerprint density at radius 3 is 2.70 bits per heavy atom. The maximum atomic E-state index is 12.0. The lowest BCUT2D eigenvalue weighted by Crippen LogP contribution is -2.53. The van der Waals surface area contributed by atoms with Crippen molar-refractivity contribution < 1.29 is 14.7 Å². The molecule has 7 nitrogen and oxygen atoms in total. The van der Waals surface area contributed by atoms with Crippen molar-refractivity contribution in [1.29, 1.82) is 0 Å². The quantitative estimate of drug-likeness (QED) is 0.860. The number of carboxylic acids is 1. The summed E-state index contributed by atoms with van der Waals surface area (Å²) in [5, 5.41) is 14.3. The van der Waals surface area contributed by atoms with Crippen LogP contribution in [0.4, 0.5) is 9.93 Å². The van der Waals surface area contributed by atoms with Gasteiger partial charge in [0, 0.05) is 43.8 Å². The minimum atomic E-state index is -0.911. The van der Waals surface area contributed by atoms with Crippen LogP contribution in [0.3, 0.4) is 0 Å². The van der Waals surface area contributed by atoms with E-state index in [-0.39, 0.29) is 18.5 Å². The maximum absolute atomic E-state index is 12.0. The normalized spacial score (nSPS) is 16.9. The van der Waals surface area contributed by atoms with Crippen molar-refractivity contribution in [3.63, 3.8) is 0 Å². The van der Waals surface area contributed by atoms with E-state index in [0.717, 1.165) is 18.2 Å². The van der Waals surface area contributed by atoms with Gasteiger partial charge in [0.2, 0.25) is 0 Å². The zero-order valence-corrected chi connectivity index (χ0v) is 12.1. The summed E-state index contributed by atoms with van der Waals surface area (Å²) in [4.78, 5) is 30.6. The first kappa shape index (κ1) is 14.6. The number of carbonyl (C=O) groups excluding carboxylic acids is 1. The molecule has 1 aliphatic rings. The second kappa shape index (κ2) is 6.56. The Morgan fingerprint density at radius 2 is 2.15 bits per heavy atom. The van der Waals surface area contributed by atoms with Gasteiger partial charge in [0.25, 0.3) is 0 Å². The molecular weight excluding hydrogens is 280 g/mol. The molecule has 0 saturated carbocycles. The maximum Gasteiger partial charge on any atom is 0.317 e. The lowest BCUT2D eigenvalue weighted by Gasteiger charge is -2.35. The minimum Gasteiger partial charge on any atom is -0.481 e. The van der Waals surface area contributed by atoms with Gasteiger partial charge in [0.1, 0.15) is 0 Å². The number of rotatable bonds is 4. The van der Waals surface area contributed by atoms with E-state index in [4.69, 9.17) is 5.11 Å². The van der Waals surface area contributed by atoms with Crippen LogP contribution in [0.2, 0.25) is 0 Å². The van der Waals surface area contributed by atoms with E-state index in [1.54, 1.807) is 29.4 Å². The van der Waals surface area contributed by atoms with Crippen molar-refractivity contribution >= 4 is 28.5 Å². The third-order valence-corrected chi connectivity index (χ3v) is 3.94. The van der Waals surface area contributed by atoms with E-state index in [1.165, 1.54) is 0 Å². The van der Waals surface area contributed by atoms with Crippen LogP contribution in [0, 0.1) is 0 Å². The Labute approximate surface area is 121 Å². The molecule has 2 rings (SSSR count). The van der Waals surface area contributed by atoms with Gasteiger partial charge >= 0.3 is 12.0 Å². The van der Waals surface area contributed by atoms with Crippen molar-refractivity contribution in [2.75, 3.05) is 31.1 Å². The standard InChI is InChI=1S/C12H18N4O3S/c1-9(8-10(17)18)14-11(19)15-3-5-16(6-4-15)12-13-2-7-20-12/h2,7,9H,3-6,8H2,1H3,(H,14,19)(H,17,18). The van der Waals surface area contributed by atoms with E-state index < -0.39 is 5.97 Å². The van der Waals surface area contributed by atoms with Gasteiger partial charge in [-0.2, -0.15) is 0 Å². The van der Waals surface area contributed by atoms with Gasteiger partial charge in [-0.3, -0.25) is 4.79 Å². The van der Waals surface area contributed by atoms with Crippen LogP contribution in [0.5, 0.6) is 0 Å². The van der Waals surface area contributed by atoms with Crippen LogP contribution in [-0.4, -0.2) is 59.2 Å². The highest BCUT2D eigenvalue weighted by molar-refractivity contribution is 7.13. The summed E-state index contributed by atoms with van der Waals surface area (Å²) in [6, 6.07) is -0.561. The third-order valence-electron chi connectivity index (χ3n) is 3.11. The molecule has 110 valence electrons. The molecule has 2 N–H and O–H groups in total. The fourth-order valence-corrected chi connectivity index (χ4v) is 2.78. The smallest absolute Gasteiger partial charge is 0.317 e. The molecule has 0 aliphatic carbocycles. The molecule has 0 radical (unpaired) electrons. The van der Waals surface area contributed by atoms with Crippen LogP contribution >= 0.6 is 11.3 Å². The van der Waals surface area contributed by atoms with E-state index in [0.29, 0.717) is 13.1 Å². The summed E-state index contributed by atoms with van der Waals surface area (Å²) in [7, 11) is 0. The van der Waals surface area contributed by atoms with Crippen molar-refractivity contribution in [2.45, 2.75) is 19.4 Å². The number of piperazine rings is 1. The van der Waals surface area contributed by atoms with Crippen LogP contribution in [-0.2, 0) is 4.79 Å². The van der Waals surface area contributed by atoms with Gasteiger partial charge < -0.3 is 20.2 Å². The molecular formula is C12H18N4O3S. The van der Waals surface area contributed by atoms with Crippen molar-refractivity contribution in [3.8, 4) is 0 Å². The summed E-state index contributed by atoms with van der Waals surface area (Å²) in [5.41, 5.74) is 0. The number of carbonyl (C=O) groups is 2. The third kappa shape index (κ3) is 3.83. The Hall–Kier alpha value is -1.83. The average molecular weight is 298 g/mol. The molecule has 0 spiro atoms. The Balaban J connectivity index is 1.78. The van der Waals surface area contributed by atoms with Crippen LogP contribution in [0.25, 0.3) is 0 Å². The number of aliphatic carboxylic acids is 1. The highest BCUT2D eigenvalue weighted by Crippen LogP contribution is 2.18. The fourth-order valence-electron chi connectivity index (χ4n) is 2.09. The molecule has 2 heterocycles. The average Bonchev–Trinajstić information content (AvgIpc) is 2.91. The first-order valence-electron chi connectivity index (χ1n) is 6.48. The zero-order valence-electron chi connectivity index (χ0n) is 11.3. The second-order valence-electron chi connectivity index (χ2n) is 4.74. The summed E-state index contributed by atoms with van der Waals surface area (Å²) < 4.78 is 0. The summed E-state index contributed by atoms with van der Waals surface area (Å²) in [6.45, 7) is 4.41. The molecule has 8 heteroatoms. The molecule has 0 bridgehead atoms. The van der Waals surface area contributed by atoms with Crippen molar-refractivity contribution in [2.24, 2.45) is 0 Å². The van der Waals surface area contributed by atoms with Crippen molar-refractivity contribution in [1.82, 2.24) is 15.2 Å². The van der Waals surface area contributed by atoms with Gasteiger partial charge in [-0.1, -0.05) is 0 Å². The topological polar surface area (TPSA) is 85.8 Å². The first-order chi connectivity index (χ1) is 9.56. The molecule has 1 saturated heterocycles.